The standard InChI is InChI=1S/C19H33N5O2.HI/c1-6-26-16(14(2)3)9-11-21-19(20-5)22-12-10-18(25)24-17-8-7-15(4)13-23-17;/h7-8,13-14,16H,6,9-12H2,1-5H3,(H2,20,21,22)(H,23,24,25);1H. The molecule has 1 amide bonds. The molecule has 154 valence electrons. The number of aliphatic imine (C=N–C) groups is 1. The molecule has 1 rings (SSSR count). The lowest BCUT2D eigenvalue weighted by molar-refractivity contribution is -0.116. The summed E-state index contributed by atoms with van der Waals surface area (Å²) in [5.41, 5.74) is 1.06. The number of rotatable bonds is 10. The quantitative estimate of drug-likeness (QED) is 0.266. The number of carbonyl (C=O) groups is 1. The molecular formula is C19H34IN5O2. The summed E-state index contributed by atoms with van der Waals surface area (Å²) in [4.78, 5) is 20.3. The molecule has 0 aliphatic rings. The minimum Gasteiger partial charge on any atom is -0.378 e. The molecule has 1 aromatic heterocycles. The van der Waals surface area contributed by atoms with Gasteiger partial charge in [0.2, 0.25) is 5.91 Å². The van der Waals surface area contributed by atoms with Gasteiger partial charge in [-0.25, -0.2) is 4.98 Å². The van der Waals surface area contributed by atoms with Gasteiger partial charge in [-0.3, -0.25) is 9.79 Å². The van der Waals surface area contributed by atoms with E-state index in [0.717, 1.165) is 25.1 Å². The maximum atomic E-state index is 11.9. The Kier molecular flexibility index (Phi) is 13.8. The number of aryl methyl sites for hydroxylation is 1. The molecule has 0 saturated carbocycles. The van der Waals surface area contributed by atoms with E-state index in [-0.39, 0.29) is 36.0 Å². The summed E-state index contributed by atoms with van der Waals surface area (Å²) in [5, 5.41) is 9.18. The van der Waals surface area contributed by atoms with E-state index in [1.165, 1.54) is 0 Å². The predicted octanol–water partition coefficient (Wildman–Crippen LogP) is 2.95. The van der Waals surface area contributed by atoms with Crippen molar-refractivity contribution in [2.75, 3.05) is 32.1 Å². The number of ether oxygens (including phenoxy) is 1. The fraction of sp³-hybridized carbons (Fsp3) is 0.632. The van der Waals surface area contributed by atoms with E-state index in [4.69, 9.17) is 4.74 Å². The summed E-state index contributed by atoms with van der Waals surface area (Å²) >= 11 is 0. The van der Waals surface area contributed by atoms with Gasteiger partial charge in [0, 0.05) is 39.4 Å². The van der Waals surface area contributed by atoms with Crippen LogP contribution in [0.3, 0.4) is 0 Å². The first kappa shape index (κ1) is 25.6. The monoisotopic (exact) mass is 491 g/mol. The van der Waals surface area contributed by atoms with Crippen LogP contribution in [0.1, 0.15) is 39.2 Å². The van der Waals surface area contributed by atoms with Gasteiger partial charge in [-0.15, -0.1) is 24.0 Å². The number of pyridine rings is 1. The minimum absolute atomic E-state index is 0. The number of carbonyl (C=O) groups excluding carboxylic acids is 1. The molecule has 0 spiro atoms. The van der Waals surface area contributed by atoms with Gasteiger partial charge in [-0.2, -0.15) is 0 Å². The van der Waals surface area contributed by atoms with E-state index in [2.05, 4.69) is 39.8 Å². The maximum Gasteiger partial charge on any atom is 0.227 e. The van der Waals surface area contributed by atoms with Gasteiger partial charge >= 0.3 is 0 Å². The number of hydrogen-bond acceptors (Lipinski definition) is 4. The third-order valence-electron chi connectivity index (χ3n) is 3.89. The van der Waals surface area contributed by atoms with Gasteiger partial charge in [0.05, 0.1) is 6.10 Å². The molecule has 0 bridgehead atoms. The molecule has 0 radical (unpaired) electrons. The summed E-state index contributed by atoms with van der Waals surface area (Å²) in [6, 6.07) is 3.71. The van der Waals surface area contributed by atoms with Crippen LogP contribution in [0, 0.1) is 12.8 Å². The second kappa shape index (κ2) is 14.6. The first-order valence-corrected chi connectivity index (χ1v) is 9.24. The Hall–Kier alpha value is -1.42. The van der Waals surface area contributed by atoms with Crippen molar-refractivity contribution in [1.82, 2.24) is 15.6 Å². The van der Waals surface area contributed by atoms with Crippen molar-refractivity contribution >= 4 is 41.7 Å². The number of guanidine groups is 1. The highest BCUT2D eigenvalue weighted by Crippen LogP contribution is 2.09. The summed E-state index contributed by atoms with van der Waals surface area (Å²) in [5.74, 6) is 1.65. The van der Waals surface area contributed by atoms with E-state index in [1.54, 1.807) is 19.3 Å². The van der Waals surface area contributed by atoms with Crippen molar-refractivity contribution in [3.8, 4) is 0 Å². The van der Waals surface area contributed by atoms with E-state index < -0.39 is 0 Å². The van der Waals surface area contributed by atoms with Crippen LogP contribution in [-0.4, -0.2) is 49.7 Å². The fourth-order valence-corrected chi connectivity index (χ4v) is 2.42. The van der Waals surface area contributed by atoms with Crippen LogP contribution in [0.5, 0.6) is 0 Å². The summed E-state index contributed by atoms with van der Waals surface area (Å²) in [6.45, 7) is 10.3. The van der Waals surface area contributed by atoms with Crippen LogP contribution < -0.4 is 16.0 Å². The Morgan fingerprint density at radius 3 is 2.52 bits per heavy atom. The van der Waals surface area contributed by atoms with Gasteiger partial charge in [-0.05, 0) is 37.8 Å². The molecule has 1 unspecified atom stereocenters. The van der Waals surface area contributed by atoms with Gasteiger partial charge in [0.15, 0.2) is 5.96 Å². The molecule has 3 N–H and O–H groups in total. The van der Waals surface area contributed by atoms with Crippen LogP contribution in [0.25, 0.3) is 0 Å². The Bertz CT molecular complexity index is 564. The van der Waals surface area contributed by atoms with Crippen LogP contribution >= 0.6 is 24.0 Å². The second-order valence-corrected chi connectivity index (χ2v) is 6.47. The van der Waals surface area contributed by atoms with Crippen LogP contribution in [-0.2, 0) is 9.53 Å². The Morgan fingerprint density at radius 2 is 1.96 bits per heavy atom. The lowest BCUT2D eigenvalue weighted by atomic mass is 10.0. The molecule has 0 aromatic carbocycles. The smallest absolute Gasteiger partial charge is 0.227 e. The van der Waals surface area contributed by atoms with E-state index in [1.807, 2.05) is 19.9 Å². The normalized spacial score (nSPS) is 12.3. The van der Waals surface area contributed by atoms with Crippen molar-refractivity contribution in [2.24, 2.45) is 10.9 Å². The zero-order chi connectivity index (χ0) is 19.4. The van der Waals surface area contributed by atoms with Gasteiger partial charge < -0.3 is 20.7 Å². The first-order chi connectivity index (χ1) is 12.5. The molecule has 1 atom stereocenters. The summed E-state index contributed by atoms with van der Waals surface area (Å²) in [7, 11) is 1.72. The molecule has 0 aliphatic heterocycles. The molecule has 1 heterocycles. The number of amides is 1. The highest BCUT2D eigenvalue weighted by Gasteiger charge is 2.13. The molecule has 8 heteroatoms. The fourth-order valence-electron chi connectivity index (χ4n) is 2.42. The minimum atomic E-state index is -0.0828. The third kappa shape index (κ3) is 11.1. The van der Waals surface area contributed by atoms with Crippen molar-refractivity contribution in [2.45, 2.75) is 46.6 Å². The highest BCUT2D eigenvalue weighted by atomic mass is 127. The second-order valence-electron chi connectivity index (χ2n) is 6.47. The van der Waals surface area contributed by atoms with Gasteiger partial charge in [0.1, 0.15) is 5.82 Å². The van der Waals surface area contributed by atoms with Crippen molar-refractivity contribution in [1.29, 1.82) is 0 Å². The lowest BCUT2D eigenvalue weighted by Gasteiger charge is -2.21. The van der Waals surface area contributed by atoms with Crippen LogP contribution in [0.4, 0.5) is 5.82 Å². The van der Waals surface area contributed by atoms with Gasteiger partial charge in [0.25, 0.3) is 0 Å². The zero-order valence-corrected chi connectivity index (χ0v) is 19.4. The molecule has 7 nitrogen and oxygen atoms in total. The Labute approximate surface area is 180 Å². The van der Waals surface area contributed by atoms with Crippen molar-refractivity contribution in [3.63, 3.8) is 0 Å². The number of anilines is 1. The predicted molar refractivity (Wildman–Crippen MR) is 122 cm³/mol. The van der Waals surface area contributed by atoms with E-state index in [9.17, 15) is 4.79 Å². The summed E-state index contributed by atoms with van der Waals surface area (Å²) < 4.78 is 5.74. The first-order valence-electron chi connectivity index (χ1n) is 9.24. The molecular weight excluding hydrogens is 457 g/mol. The van der Waals surface area contributed by atoms with Crippen molar-refractivity contribution in [3.05, 3.63) is 23.9 Å². The van der Waals surface area contributed by atoms with E-state index >= 15 is 0 Å². The molecule has 0 saturated heterocycles. The lowest BCUT2D eigenvalue weighted by Crippen LogP contribution is -2.40. The average molecular weight is 491 g/mol. The number of hydrogen-bond donors (Lipinski definition) is 3. The third-order valence-corrected chi connectivity index (χ3v) is 3.89. The van der Waals surface area contributed by atoms with Gasteiger partial charge in [-0.1, -0.05) is 19.9 Å². The number of nitrogens with one attached hydrogen (secondary N) is 3. The van der Waals surface area contributed by atoms with E-state index in [0.29, 0.717) is 30.7 Å². The van der Waals surface area contributed by atoms with Crippen LogP contribution in [0.15, 0.2) is 23.3 Å². The molecule has 27 heavy (non-hydrogen) atoms. The number of halogens is 1. The number of nitrogens with zero attached hydrogens (tertiary/aromatic N) is 2. The Morgan fingerprint density at radius 1 is 1.26 bits per heavy atom. The molecule has 1 aromatic rings. The van der Waals surface area contributed by atoms with Crippen molar-refractivity contribution < 1.29 is 9.53 Å². The topological polar surface area (TPSA) is 87.6 Å². The SMILES string of the molecule is CCOC(CCNC(=NC)NCCC(=O)Nc1ccc(C)cn1)C(C)C.I. The molecule has 0 fully saturated rings. The molecule has 0 aliphatic carbocycles. The van der Waals surface area contributed by atoms with Crippen LogP contribution in [0.2, 0.25) is 0 Å². The highest BCUT2D eigenvalue weighted by molar-refractivity contribution is 14.0. The Balaban J connectivity index is 0.00000676. The largest absolute Gasteiger partial charge is 0.378 e. The average Bonchev–Trinajstić information content (AvgIpc) is 2.61. The zero-order valence-electron chi connectivity index (χ0n) is 17.0. The summed E-state index contributed by atoms with van der Waals surface area (Å²) in [6.07, 6.45) is 3.21. The number of aromatic nitrogens is 1. The maximum absolute atomic E-state index is 11.9.